The van der Waals surface area contributed by atoms with Gasteiger partial charge in [-0.1, -0.05) is 72.7 Å². The number of aromatic nitrogens is 12. The van der Waals surface area contributed by atoms with E-state index in [1.54, 1.807) is 34.5 Å². The molecule has 29 heteroatoms. The number of H-pyrrole nitrogens is 3. The number of carbonyl (C=O) groups excluding carboxylic acids is 3. The number of amides is 3. The smallest absolute Gasteiger partial charge is 0.246 e. The number of nitrogens with zero attached hydrogens (tertiary/aromatic N) is 15. The number of hydrogen-bond donors (Lipinski definition) is 3. The van der Waals surface area contributed by atoms with Crippen molar-refractivity contribution in [3.63, 3.8) is 0 Å². The van der Waals surface area contributed by atoms with Gasteiger partial charge in [-0.2, -0.15) is 15.3 Å². The van der Waals surface area contributed by atoms with Gasteiger partial charge in [0.25, 0.3) is 0 Å². The van der Waals surface area contributed by atoms with Crippen molar-refractivity contribution in [1.29, 1.82) is 0 Å². The van der Waals surface area contributed by atoms with Crippen LogP contribution in [0.2, 0.25) is 15.1 Å². The minimum absolute atomic E-state index is 0.00540. The second kappa shape index (κ2) is 27.9. The molecule has 6 aromatic carbocycles. The van der Waals surface area contributed by atoms with Crippen molar-refractivity contribution in [1.82, 2.24) is 75.2 Å². The molecule has 6 aromatic heterocycles. The number of carbonyl (C=O) groups is 3. The number of fused-ring (bicyclic) bond motifs is 6. The minimum Gasteiger partial charge on any atom is -0.454 e. The zero-order valence-electron chi connectivity index (χ0n) is 53.0. The van der Waals surface area contributed by atoms with Crippen LogP contribution in [0, 0.1) is 18.6 Å². The Labute approximate surface area is 573 Å². The number of piperazine rings is 3. The van der Waals surface area contributed by atoms with E-state index in [1.165, 1.54) is 55.4 Å². The molecule has 2 atom stereocenters. The molecule has 98 heavy (non-hydrogen) atoms. The molecular weight excluding hydrogens is 1320 g/mol. The van der Waals surface area contributed by atoms with E-state index in [9.17, 15) is 23.2 Å². The van der Waals surface area contributed by atoms with Gasteiger partial charge in [0, 0.05) is 116 Å². The highest BCUT2D eigenvalue weighted by atomic mass is 35.5. The first-order valence-corrected chi connectivity index (χ1v) is 32.2. The van der Waals surface area contributed by atoms with Gasteiger partial charge in [-0.05, 0) is 81.5 Å². The lowest BCUT2D eigenvalue weighted by Gasteiger charge is -2.40. The van der Waals surface area contributed by atoms with Gasteiger partial charge in [0.15, 0.2) is 28.7 Å². The van der Waals surface area contributed by atoms with Crippen LogP contribution in [0.4, 0.5) is 26.2 Å². The fourth-order valence-corrected chi connectivity index (χ4v) is 13.0. The van der Waals surface area contributed by atoms with E-state index in [-0.39, 0.29) is 51.3 Å². The highest BCUT2D eigenvalue weighted by molar-refractivity contribution is 6.34. The quantitative estimate of drug-likeness (QED) is 0.0960. The molecule has 3 fully saturated rings. The molecule has 0 aliphatic carbocycles. The second-order valence-corrected chi connectivity index (χ2v) is 24.4. The number of aromatic amines is 3. The van der Waals surface area contributed by atoms with E-state index < -0.39 is 11.6 Å². The molecule has 15 rings (SSSR count). The van der Waals surface area contributed by atoms with Gasteiger partial charge in [0.1, 0.15) is 80.4 Å². The monoisotopic (exact) mass is 1380 g/mol. The first-order chi connectivity index (χ1) is 47.5. The maximum Gasteiger partial charge on any atom is 0.246 e. The Kier molecular flexibility index (Phi) is 18.7. The Bertz CT molecular complexity index is 4910. The van der Waals surface area contributed by atoms with Crippen LogP contribution in [0.5, 0.6) is 34.5 Å². The molecule has 0 bridgehead atoms. The van der Waals surface area contributed by atoms with Gasteiger partial charge in [0.2, 0.25) is 17.7 Å². The highest BCUT2D eigenvalue weighted by Gasteiger charge is 2.31. The Morgan fingerprint density at radius 3 is 1.26 bits per heavy atom. The molecule has 3 aliphatic heterocycles. The number of nitrogens with one attached hydrogen (secondary N) is 3. The summed E-state index contributed by atoms with van der Waals surface area (Å²) in [5, 5.41) is 25.2. The summed E-state index contributed by atoms with van der Waals surface area (Å²) in [5.41, 5.74) is 4.42. The van der Waals surface area contributed by atoms with E-state index in [2.05, 4.69) is 94.9 Å². The molecule has 3 amide bonds. The predicted octanol–water partition coefficient (Wildman–Crippen LogP) is 12.7. The molecule has 3 aliphatic rings. The zero-order valence-corrected chi connectivity index (χ0v) is 55.3. The molecule has 24 nitrogen and oxygen atoms in total. The summed E-state index contributed by atoms with van der Waals surface area (Å²) < 4.78 is 47.2. The summed E-state index contributed by atoms with van der Waals surface area (Å²) in [6.07, 6.45) is 13.3. The lowest BCUT2D eigenvalue weighted by molar-refractivity contribution is -0.129. The summed E-state index contributed by atoms with van der Waals surface area (Å²) in [6, 6.07) is 21.2. The molecule has 0 radical (unpaired) electrons. The third-order valence-electron chi connectivity index (χ3n) is 17.4. The molecule has 12 aromatic rings. The first kappa shape index (κ1) is 65.6. The molecule has 3 saturated heterocycles. The van der Waals surface area contributed by atoms with Crippen LogP contribution in [0.1, 0.15) is 19.4 Å². The van der Waals surface area contributed by atoms with E-state index in [0.29, 0.717) is 132 Å². The number of hydrogen-bond acceptors (Lipinski definition) is 18. The molecule has 0 spiro atoms. The number of para-hydroxylation sites is 3. The lowest BCUT2D eigenvalue weighted by Crippen LogP contribution is -2.54. The summed E-state index contributed by atoms with van der Waals surface area (Å²) in [6.45, 7) is 22.8. The Hall–Kier alpha value is -11.1. The number of ether oxygens (including phenoxy) is 3. The van der Waals surface area contributed by atoms with Crippen LogP contribution in [-0.4, -0.2) is 170 Å². The van der Waals surface area contributed by atoms with Crippen LogP contribution in [0.25, 0.3) is 65.4 Å². The zero-order chi connectivity index (χ0) is 68.5. The molecule has 3 N–H and O–H groups in total. The van der Waals surface area contributed by atoms with Crippen molar-refractivity contribution in [2.45, 2.75) is 32.9 Å². The van der Waals surface area contributed by atoms with Crippen molar-refractivity contribution < 1.29 is 37.4 Å². The standard InChI is InChI=1S/C24H23ClN6O2.C23H20ClFN6O2.C22H18ClFN6O2/c1-4-21(32)31-9-8-30(12-14(31)2)24-16-6-5-7-20(22(16)26-13-27-24)33-23-15(3)18(25)10-19-17(23)11-28-29-19;1-3-19(32)31-8-7-30(11-13(31)2)23-14-5-4-6-18(21(14)26-12-27-23)33-22-15-10-28-29-17(15)9-16(25)20(22)24;1-2-18(31)29-6-8-30(9-7-29)22-13-4-3-5-17(20(13)25-12-26-22)32-21-14-11-27-28-16(14)10-15(24)19(21)23/h4-7,10-11,13-14H,1,8-9,12H2,2-3H3,(H,28,29);3-6,9-10,12-13H,1,7-8,11H2,2H3,(H,28,29);2-5,10-12H,1,6-9H2,(H,27,28)/t14-;13-;/m01./s1. The van der Waals surface area contributed by atoms with Crippen LogP contribution >= 0.6 is 34.8 Å². The Morgan fingerprint density at radius 2 is 0.857 bits per heavy atom. The van der Waals surface area contributed by atoms with Crippen molar-refractivity contribution in [2.75, 3.05) is 80.1 Å². The van der Waals surface area contributed by atoms with Gasteiger partial charge in [0.05, 0.1) is 51.3 Å². The molecule has 0 saturated carbocycles. The van der Waals surface area contributed by atoms with Gasteiger partial charge >= 0.3 is 0 Å². The van der Waals surface area contributed by atoms with Crippen molar-refractivity contribution >= 4 is 135 Å². The predicted molar refractivity (Wildman–Crippen MR) is 373 cm³/mol. The van der Waals surface area contributed by atoms with E-state index >= 15 is 0 Å². The summed E-state index contributed by atoms with van der Waals surface area (Å²) in [7, 11) is 0. The number of anilines is 3. The van der Waals surface area contributed by atoms with E-state index in [4.69, 9.17) is 49.0 Å². The van der Waals surface area contributed by atoms with Gasteiger partial charge in [-0.15, -0.1) is 0 Å². The maximum absolute atomic E-state index is 14.3. The largest absolute Gasteiger partial charge is 0.454 e. The third kappa shape index (κ3) is 12.7. The number of benzene rings is 6. The third-order valence-corrected chi connectivity index (χ3v) is 18.5. The lowest BCUT2D eigenvalue weighted by atomic mass is 10.1. The molecule has 0 unspecified atom stereocenters. The minimum atomic E-state index is -0.611. The van der Waals surface area contributed by atoms with Crippen LogP contribution in [0.3, 0.4) is 0 Å². The van der Waals surface area contributed by atoms with Crippen molar-refractivity contribution in [3.05, 3.63) is 181 Å². The Balaban J connectivity index is 0.000000132. The SMILES string of the molecule is C=CC(=O)N1CCN(c2ncnc3c(Oc4c(C)c(Cl)cc5[nH]ncc45)cccc23)C[C@@H]1C.C=CC(=O)N1CCN(c2ncnc3c(Oc4c(Cl)c(F)cc5[nH]ncc45)cccc23)CC1.C=CC(=O)N1CCN(c2ncnc3c(Oc4c(Cl)c(F)cc5[nH]ncc45)cccc23)C[C@H]1C. The summed E-state index contributed by atoms with van der Waals surface area (Å²) in [4.78, 5) is 74.8. The molecular formula is C69H61Cl3F2N18O6. The first-order valence-electron chi connectivity index (χ1n) is 31.0. The molecule has 498 valence electrons. The Morgan fingerprint density at radius 1 is 0.490 bits per heavy atom. The molecule has 9 heterocycles. The van der Waals surface area contributed by atoms with Crippen molar-refractivity contribution in [2.24, 2.45) is 0 Å². The fraction of sp³-hybridized carbons (Fsp3) is 0.217. The van der Waals surface area contributed by atoms with Crippen LogP contribution < -0.4 is 28.9 Å². The maximum atomic E-state index is 14.3. The number of halogens is 5. The highest BCUT2D eigenvalue weighted by Crippen LogP contribution is 2.44. The summed E-state index contributed by atoms with van der Waals surface area (Å²) >= 11 is 18.9. The topological polar surface area (TPSA) is 262 Å². The van der Waals surface area contributed by atoms with Gasteiger partial charge < -0.3 is 43.6 Å². The van der Waals surface area contributed by atoms with Gasteiger partial charge in [-0.3, -0.25) is 29.7 Å². The number of rotatable bonds is 12. The second-order valence-electron chi connectivity index (χ2n) is 23.2. The average molecular weight is 1380 g/mol. The van der Waals surface area contributed by atoms with E-state index in [0.717, 1.165) is 50.1 Å². The van der Waals surface area contributed by atoms with Crippen molar-refractivity contribution in [3.8, 4) is 34.5 Å². The van der Waals surface area contributed by atoms with Gasteiger partial charge in [-0.25, -0.2) is 38.7 Å². The van der Waals surface area contributed by atoms with E-state index in [1.807, 2.05) is 74.2 Å². The average Bonchev–Trinajstić information content (AvgIpc) is 1.16. The van der Waals surface area contributed by atoms with Crippen LogP contribution in [-0.2, 0) is 14.4 Å². The normalized spacial score (nSPS) is 15.7. The summed E-state index contributed by atoms with van der Waals surface area (Å²) in [5.74, 6) is 3.29. The van der Waals surface area contributed by atoms with Crippen LogP contribution in [0.15, 0.2) is 148 Å². The fourth-order valence-electron chi connectivity index (χ4n) is 12.4.